The highest BCUT2D eigenvalue weighted by molar-refractivity contribution is 14.1. The first-order valence-electron chi connectivity index (χ1n) is 3.73. The van der Waals surface area contributed by atoms with Crippen molar-refractivity contribution < 1.29 is 22.0 Å². The van der Waals surface area contributed by atoms with Crippen molar-refractivity contribution in [3.8, 4) is 6.07 Å². The predicted octanol–water partition coefficient (Wildman–Crippen LogP) is 3.51. The standard InChI is InChI=1S/C8H2F5IN2/c9-7(10)6-3(14)1-5(8(11,12)13)16-4(6)2-15/h1,7H. The van der Waals surface area contributed by atoms with E-state index in [0.717, 1.165) is 0 Å². The van der Waals surface area contributed by atoms with Crippen LogP contribution in [0.15, 0.2) is 6.07 Å². The highest BCUT2D eigenvalue weighted by atomic mass is 127. The number of alkyl halides is 5. The summed E-state index contributed by atoms with van der Waals surface area (Å²) in [4.78, 5) is 2.87. The second kappa shape index (κ2) is 4.48. The van der Waals surface area contributed by atoms with Gasteiger partial charge in [-0.15, -0.1) is 0 Å². The van der Waals surface area contributed by atoms with Crippen molar-refractivity contribution in [3.05, 3.63) is 26.6 Å². The summed E-state index contributed by atoms with van der Waals surface area (Å²) in [7, 11) is 0. The van der Waals surface area contributed by atoms with Gasteiger partial charge in [0.25, 0.3) is 6.43 Å². The molecule has 1 aromatic heterocycles. The Morgan fingerprint density at radius 1 is 1.38 bits per heavy atom. The molecule has 1 heterocycles. The molecule has 0 aliphatic heterocycles. The average molecular weight is 348 g/mol. The monoisotopic (exact) mass is 348 g/mol. The van der Waals surface area contributed by atoms with Crippen LogP contribution in [0.2, 0.25) is 0 Å². The fourth-order valence-electron chi connectivity index (χ4n) is 0.962. The summed E-state index contributed by atoms with van der Waals surface area (Å²) >= 11 is 1.32. The molecule has 0 aromatic carbocycles. The third kappa shape index (κ3) is 2.58. The third-order valence-electron chi connectivity index (χ3n) is 1.62. The summed E-state index contributed by atoms with van der Waals surface area (Å²) in [5.41, 5.74) is -3.01. The molecule has 0 bridgehead atoms. The van der Waals surface area contributed by atoms with Crippen LogP contribution >= 0.6 is 22.6 Å². The number of pyridine rings is 1. The fraction of sp³-hybridized carbons (Fsp3) is 0.250. The second-order valence-corrected chi connectivity index (χ2v) is 3.82. The highest BCUT2D eigenvalue weighted by Gasteiger charge is 2.35. The van der Waals surface area contributed by atoms with E-state index < -0.39 is 29.6 Å². The predicted molar refractivity (Wildman–Crippen MR) is 51.6 cm³/mol. The summed E-state index contributed by atoms with van der Waals surface area (Å²) < 4.78 is 61.3. The van der Waals surface area contributed by atoms with Gasteiger partial charge in [0.15, 0.2) is 5.69 Å². The van der Waals surface area contributed by atoms with Gasteiger partial charge >= 0.3 is 6.18 Å². The van der Waals surface area contributed by atoms with Crippen molar-refractivity contribution in [2.45, 2.75) is 12.6 Å². The van der Waals surface area contributed by atoms with Crippen LogP contribution in [0.4, 0.5) is 22.0 Å². The zero-order chi connectivity index (χ0) is 12.5. The van der Waals surface area contributed by atoms with Gasteiger partial charge in [-0.1, -0.05) is 0 Å². The molecule has 86 valence electrons. The molecule has 0 radical (unpaired) electrons. The molecule has 2 nitrogen and oxygen atoms in total. The van der Waals surface area contributed by atoms with E-state index in [4.69, 9.17) is 5.26 Å². The van der Waals surface area contributed by atoms with Gasteiger partial charge in [-0.3, -0.25) is 0 Å². The quantitative estimate of drug-likeness (QED) is 0.575. The number of rotatable bonds is 1. The summed E-state index contributed by atoms with van der Waals surface area (Å²) in [6.45, 7) is 0. The Hall–Kier alpha value is -0.980. The third-order valence-corrected chi connectivity index (χ3v) is 2.52. The van der Waals surface area contributed by atoms with E-state index in [-0.39, 0.29) is 3.57 Å². The van der Waals surface area contributed by atoms with Crippen LogP contribution in [-0.2, 0) is 6.18 Å². The number of nitrogens with zero attached hydrogens (tertiary/aromatic N) is 2. The van der Waals surface area contributed by atoms with Crippen molar-refractivity contribution in [2.24, 2.45) is 0 Å². The van der Waals surface area contributed by atoms with E-state index in [9.17, 15) is 22.0 Å². The first kappa shape index (κ1) is 13.1. The van der Waals surface area contributed by atoms with Crippen LogP contribution in [0.1, 0.15) is 23.4 Å². The van der Waals surface area contributed by atoms with Crippen molar-refractivity contribution in [1.29, 1.82) is 5.26 Å². The molecule has 16 heavy (non-hydrogen) atoms. The molecule has 8 heteroatoms. The van der Waals surface area contributed by atoms with Crippen LogP contribution in [0.3, 0.4) is 0 Å². The lowest BCUT2D eigenvalue weighted by Gasteiger charge is -2.10. The van der Waals surface area contributed by atoms with Gasteiger partial charge < -0.3 is 0 Å². The van der Waals surface area contributed by atoms with Gasteiger partial charge in [-0.05, 0) is 28.7 Å². The largest absolute Gasteiger partial charge is 0.433 e. The van der Waals surface area contributed by atoms with Gasteiger partial charge in [0.1, 0.15) is 11.8 Å². The Kier molecular flexibility index (Phi) is 3.67. The molecule has 0 fully saturated rings. The maximum atomic E-state index is 12.4. The van der Waals surface area contributed by atoms with Gasteiger partial charge in [0.2, 0.25) is 0 Å². The van der Waals surface area contributed by atoms with Gasteiger partial charge in [-0.2, -0.15) is 18.4 Å². The zero-order valence-electron chi connectivity index (χ0n) is 7.32. The van der Waals surface area contributed by atoms with E-state index in [1.54, 1.807) is 0 Å². The normalized spacial score (nSPS) is 11.6. The molecule has 0 saturated carbocycles. The van der Waals surface area contributed by atoms with E-state index >= 15 is 0 Å². The topological polar surface area (TPSA) is 36.7 Å². The lowest BCUT2D eigenvalue weighted by Crippen LogP contribution is -2.11. The summed E-state index contributed by atoms with van der Waals surface area (Å²) in [6, 6.07) is 1.72. The zero-order valence-corrected chi connectivity index (χ0v) is 9.47. The minimum absolute atomic E-state index is 0.327. The molecule has 0 aliphatic rings. The first-order chi connectivity index (χ1) is 7.27. The van der Waals surface area contributed by atoms with Crippen LogP contribution in [-0.4, -0.2) is 4.98 Å². The first-order valence-corrected chi connectivity index (χ1v) is 4.81. The van der Waals surface area contributed by atoms with Crippen LogP contribution in [0.5, 0.6) is 0 Å². The lowest BCUT2D eigenvalue weighted by molar-refractivity contribution is -0.141. The van der Waals surface area contributed by atoms with Crippen molar-refractivity contribution in [3.63, 3.8) is 0 Å². The van der Waals surface area contributed by atoms with Crippen LogP contribution < -0.4 is 0 Å². The van der Waals surface area contributed by atoms with Gasteiger partial charge in [0.05, 0.1) is 5.56 Å². The van der Waals surface area contributed by atoms with Gasteiger partial charge in [-0.25, -0.2) is 13.8 Å². The summed E-state index contributed by atoms with van der Waals surface area (Å²) in [5, 5.41) is 8.47. The van der Waals surface area contributed by atoms with Crippen LogP contribution in [0.25, 0.3) is 0 Å². The molecular weight excluding hydrogens is 346 g/mol. The smallest absolute Gasteiger partial charge is 0.232 e. The molecule has 0 atom stereocenters. The molecule has 0 saturated heterocycles. The Balaban J connectivity index is 3.46. The number of halogens is 6. The lowest BCUT2D eigenvalue weighted by atomic mass is 10.2. The van der Waals surface area contributed by atoms with E-state index in [2.05, 4.69) is 4.98 Å². The van der Waals surface area contributed by atoms with Crippen molar-refractivity contribution in [1.82, 2.24) is 4.98 Å². The minimum atomic E-state index is -4.76. The molecule has 0 spiro atoms. The Morgan fingerprint density at radius 2 is 1.94 bits per heavy atom. The number of nitriles is 1. The second-order valence-electron chi connectivity index (χ2n) is 2.66. The van der Waals surface area contributed by atoms with E-state index in [0.29, 0.717) is 6.07 Å². The summed E-state index contributed by atoms with van der Waals surface area (Å²) in [6.07, 6.45) is -7.79. The van der Waals surface area contributed by atoms with Crippen molar-refractivity contribution in [2.75, 3.05) is 0 Å². The number of hydrogen-bond donors (Lipinski definition) is 0. The maximum absolute atomic E-state index is 12.4. The van der Waals surface area contributed by atoms with Crippen molar-refractivity contribution >= 4 is 22.6 Å². The van der Waals surface area contributed by atoms with Gasteiger partial charge in [0, 0.05) is 3.57 Å². The molecule has 0 amide bonds. The SMILES string of the molecule is N#Cc1nc(C(F)(F)F)cc(I)c1C(F)F. The Bertz CT molecular complexity index is 449. The number of aromatic nitrogens is 1. The summed E-state index contributed by atoms with van der Waals surface area (Å²) in [5.74, 6) is 0. The minimum Gasteiger partial charge on any atom is -0.232 e. The van der Waals surface area contributed by atoms with Crippen LogP contribution in [0, 0.1) is 14.9 Å². The van der Waals surface area contributed by atoms with E-state index in [1.165, 1.54) is 28.7 Å². The molecule has 0 aliphatic carbocycles. The average Bonchev–Trinajstić information content (AvgIpc) is 2.14. The highest BCUT2D eigenvalue weighted by Crippen LogP contribution is 2.33. The number of hydrogen-bond acceptors (Lipinski definition) is 2. The Morgan fingerprint density at radius 3 is 2.31 bits per heavy atom. The molecule has 1 rings (SSSR count). The maximum Gasteiger partial charge on any atom is 0.433 e. The van der Waals surface area contributed by atoms with E-state index in [1.807, 2.05) is 0 Å². The molecular formula is C8H2F5IN2. The Labute approximate surface area is 100 Å². The molecule has 1 aromatic rings. The fourth-order valence-corrected chi connectivity index (χ4v) is 1.75. The molecule has 0 unspecified atom stereocenters. The molecule has 0 N–H and O–H groups in total.